The van der Waals surface area contributed by atoms with Crippen molar-refractivity contribution in [1.82, 2.24) is 19.9 Å². The number of aromatic nitrogens is 3. The Labute approximate surface area is 168 Å². The molecular weight excluding hydrogens is 371 g/mol. The van der Waals surface area contributed by atoms with Gasteiger partial charge in [-0.2, -0.15) is 0 Å². The van der Waals surface area contributed by atoms with Gasteiger partial charge in [0.15, 0.2) is 0 Å². The van der Waals surface area contributed by atoms with Crippen molar-refractivity contribution in [1.29, 1.82) is 0 Å². The van der Waals surface area contributed by atoms with Gasteiger partial charge in [-0.1, -0.05) is 6.07 Å². The van der Waals surface area contributed by atoms with E-state index >= 15 is 0 Å². The summed E-state index contributed by atoms with van der Waals surface area (Å²) in [6.07, 6.45) is 7.00. The first kappa shape index (κ1) is 19.3. The molecule has 2 aromatic heterocycles. The molecule has 0 radical (unpaired) electrons. The van der Waals surface area contributed by atoms with Gasteiger partial charge in [0, 0.05) is 50.7 Å². The van der Waals surface area contributed by atoms with E-state index in [9.17, 15) is 9.18 Å². The molecule has 0 spiro atoms. The van der Waals surface area contributed by atoms with E-state index in [1.807, 2.05) is 23.9 Å². The van der Waals surface area contributed by atoms with Gasteiger partial charge in [-0.15, -0.1) is 0 Å². The number of primary amides is 1. The van der Waals surface area contributed by atoms with Crippen molar-refractivity contribution in [2.75, 3.05) is 24.5 Å². The van der Waals surface area contributed by atoms with Gasteiger partial charge in [-0.3, -0.25) is 4.79 Å². The Hall–Kier alpha value is -3.00. The van der Waals surface area contributed by atoms with Gasteiger partial charge in [-0.25, -0.2) is 14.4 Å². The first-order chi connectivity index (χ1) is 14.0. The second-order valence-corrected chi connectivity index (χ2v) is 7.60. The van der Waals surface area contributed by atoms with E-state index in [4.69, 9.17) is 5.73 Å². The van der Waals surface area contributed by atoms with Gasteiger partial charge in [0.2, 0.25) is 5.95 Å². The normalized spacial score (nSPS) is 15.2. The summed E-state index contributed by atoms with van der Waals surface area (Å²) in [6.45, 7) is 3.27. The number of aryl methyl sites for hydroxylation is 1. The molecule has 7 nitrogen and oxygen atoms in total. The van der Waals surface area contributed by atoms with Crippen LogP contribution in [0.3, 0.4) is 0 Å². The summed E-state index contributed by atoms with van der Waals surface area (Å²) in [5.41, 5.74) is 7.45. The lowest BCUT2D eigenvalue weighted by Gasteiger charge is -2.32. The SMILES string of the molecule is Cn1cc(CNCC2CCN(c3ncc(C(N)=O)cn3)CC2)c2c(F)cccc21. The first-order valence-corrected chi connectivity index (χ1v) is 9.83. The number of nitrogens with zero attached hydrogens (tertiary/aromatic N) is 4. The number of piperidine rings is 1. The van der Waals surface area contributed by atoms with E-state index < -0.39 is 5.91 Å². The first-order valence-electron chi connectivity index (χ1n) is 9.83. The average molecular weight is 396 g/mol. The summed E-state index contributed by atoms with van der Waals surface area (Å²) >= 11 is 0. The molecule has 1 aliphatic heterocycles. The number of nitrogens with two attached hydrogens (primary N) is 1. The second-order valence-electron chi connectivity index (χ2n) is 7.60. The third-order valence-corrected chi connectivity index (χ3v) is 5.61. The van der Waals surface area contributed by atoms with Crippen molar-refractivity contribution >= 4 is 22.8 Å². The highest BCUT2D eigenvalue weighted by atomic mass is 19.1. The fourth-order valence-electron chi connectivity index (χ4n) is 3.99. The predicted octanol–water partition coefficient (Wildman–Crippen LogP) is 2.21. The molecular formula is C21H25FN6O. The van der Waals surface area contributed by atoms with Crippen LogP contribution in [0.1, 0.15) is 28.8 Å². The molecule has 3 N–H and O–H groups in total. The third kappa shape index (κ3) is 4.07. The van der Waals surface area contributed by atoms with Crippen LogP contribution in [0.4, 0.5) is 10.3 Å². The van der Waals surface area contributed by atoms with E-state index in [-0.39, 0.29) is 5.82 Å². The molecule has 1 aliphatic rings. The highest BCUT2D eigenvalue weighted by molar-refractivity contribution is 5.92. The Kier molecular flexibility index (Phi) is 5.44. The zero-order valence-electron chi connectivity index (χ0n) is 16.4. The van der Waals surface area contributed by atoms with Crippen LogP contribution in [0.25, 0.3) is 10.9 Å². The standard InChI is InChI=1S/C21H25FN6O/c1-27-13-16(19-17(22)3-2-4-18(19)27)10-24-9-14-5-7-28(8-6-14)21-25-11-15(12-26-21)20(23)29/h2-4,11-14,24H,5-10H2,1H3,(H2,23,29). The zero-order valence-corrected chi connectivity index (χ0v) is 16.4. The van der Waals surface area contributed by atoms with E-state index in [1.165, 1.54) is 18.5 Å². The summed E-state index contributed by atoms with van der Waals surface area (Å²) in [5.74, 6) is 0.492. The second kappa shape index (κ2) is 8.16. The van der Waals surface area contributed by atoms with Crippen LogP contribution in [-0.4, -0.2) is 40.1 Å². The summed E-state index contributed by atoms with van der Waals surface area (Å²) in [4.78, 5) is 21.8. The maximum Gasteiger partial charge on any atom is 0.251 e. The molecule has 8 heteroatoms. The smallest absolute Gasteiger partial charge is 0.251 e. The summed E-state index contributed by atoms with van der Waals surface area (Å²) in [6, 6.07) is 5.20. The summed E-state index contributed by atoms with van der Waals surface area (Å²) in [7, 11) is 1.94. The number of rotatable bonds is 6. The number of carbonyl (C=O) groups excluding carboxylic acids is 1. The molecule has 1 aromatic carbocycles. The molecule has 0 bridgehead atoms. The van der Waals surface area contributed by atoms with Crippen molar-refractivity contribution < 1.29 is 9.18 Å². The molecule has 0 saturated carbocycles. The minimum Gasteiger partial charge on any atom is -0.366 e. The van der Waals surface area contributed by atoms with E-state index in [2.05, 4.69) is 20.2 Å². The van der Waals surface area contributed by atoms with Crippen molar-refractivity contribution in [3.8, 4) is 0 Å². The number of anilines is 1. The third-order valence-electron chi connectivity index (χ3n) is 5.61. The number of carbonyl (C=O) groups is 1. The highest BCUT2D eigenvalue weighted by Crippen LogP contribution is 2.24. The maximum atomic E-state index is 14.2. The molecule has 4 rings (SSSR count). The van der Waals surface area contributed by atoms with Gasteiger partial charge in [0.1, 0.15) is 5.82 Å². The van der Waals surface area contributed by atoms with Crippen molar-refractivity contribution in [2.45, 2.75) is 19.4 Å². The molecule has 1 fully saturated rings. The molecule has 0 unspecified atom stereocenters. The molecule has 0 aliphatic carbocycles. The molecule has 152 valence electrons. The molecule has 1 saturated heterocycles. The van der Waals surface area contributed by atoms with E-state index in [1.54, 1.807) is 6.07 Å². The molecule has 1 amide bonds. The molecule has 29 heavy (non-hydrogen) atoms. The zero-order chi connectivity index (χ0) is 20.4. The van der Waals surface area contributed by atoms with Gasteiger partial charge >= 0.3 is 0 Å². The predicted molar refractivity (Wildman–Crippen MR) is 110 cm³/mol. The number of hydrogen-bond donors (Lipinski definition) is 2. The van der Waals surface area contributed by atoms with Crippen LogP contribution >= 0.6 is 0 Å². The van der Waals surface area contributed by atoms with Gasteiger partial charge in [0.25, 0.3) is 5.91 Å². The molecule has 0 atom stereocenters. The van der Waals surface area contributed by atoms with Crippen LogP contribution in [0.2, 0.25) is 0 Å². The fraction of sp³-hybridized carbons (Fsp3) is 0.381. The van der Waals surface area contributed by atoms with Gasteiger partial charge < -0.3 is 20.5 Å². The monoisotopic (exact) mass is 396 g/mol. The maximum absolute atomic E-state index is 14.2. The van der Waals surface area contributed by atoms with Crippen LogP contribution in [0, 0.1) is 11.7 Å². The molecule has 3 aromatic rings. The van der Waals surface area contributed by atoms with E-state index in [0.717, 1.165) is 43.6 Å². The minimum atomic E-state index is -0.521. The largest absolute Gasteiger partial charge is 0.366 e. The Morgan fingerprint density at radius 2 is 2.00 bits per heavy atom. The van der Waals surface area contributed by atoms with Crippen molar-refractivity contribution in [2.24, 2.45) is 18.7 Å². The number of nitrogens with one attached hydrogen (secondary N) is 1. The number of benzene rings is 1. The number of hydrogen-bond acceptors (Lipinski definition) is 5. The van der Waals surface area contributed by atoms with Crippen LogP contribution < -0.4 is 16.0 Å². The highest BCUT2D eigenvalue weighted by Gasteiger charge is 2.21. The lowest BCUT2D eigenvalue weighted by Crippen LogP contribution is -2.38. The number of halogens is 1. The van der Waals surface area contributed by atoms with Gasteiger partial charge in [-0.05, 0) is 43.0 Å². The number of amides is 1. The van der Waals surface area contributed by atoms with Crippen LogP contribution in [0.5, 0.6) is 0 Å². The topological polar surface area (TPSA) is 89.1 Å². The van der Waals surface area contributed by atoms with Crippen LogP contribution in [0.15, 0.2) is 36.8 Å². The lowest BCUT2D eigenvalue weighted by molar-refractivity contribution is 0.0999. The Balaban J connectivity index is 1.29. The fourth-order valence-corrected chi connectivity index (χ4v) is 3.99. The Bertz CT molecular complexity index is 1010. The van der Waals surface area contributed by atoms with Gasteiger partial charge in [0.05, 0.1) is 11.1 Å². The lowest BCUT2D eigenvalue weighted by atomic mass is 9.97. The van der Waals surface area contributed by atoms with Crippen LogP contribution in [-0.2, 0) is 13.6 Å². The Morgan fingerprint density at radius 3 is 2.69 bits per heavy atom. The van der Waals surface area contributed by atoms with Crippen molar-refractivity contribution in [3.63, 3.8) is 0 Å². The van der Waals surface area contributed by atoms with E-state index in [0.29, 0.717) is 29.4 Å². The number of fused-ring (bicyclic) bond motifs is 1. The quantitative estimate of drug-likeness (QED) is 0.667. The Morgan fingerprint density at radius 1 is 1.28 bits per heavy atom. The van der Waals surface area contributed by atoms with Crippen molar-refractivity contribution in [3.05, 3.63) is 53.7 Å². The average Bonchev–Trinajstić information content (AvgIpc) is 3.05. The molecule has 3 heterocycles. The minimum absolute atomic E-state index is 0.171. The summed E-state index contributed by atoms with van der Waals surface area (Å²) in [5, 5.41) is 4.20. The summed E-state index contributed by atoms with van der Waals surface area (Å²) < 4.78 is 16.2.